The van der Waals surface area contributed by atoms with Gasteiger partial charge >= 0.3 is 41.8 Å². The molecule has 10 saturated heterocycles. The van der Waals surface area contributed by atoms with Crippen molar-refractivity contribution < 1.29 is 72.2 Å². The molecule has 1 aromatic carbocycles. The lowest BCUT2D eigenvalue weighted by molar-refractivity contribution is -0.159. The van der Waals surface area contributed by atoms with E-state index in [2.05, 4.69) is 282 Å². The summed E-state index contributed by atoms with van der Waals surface area (Å²) in [5.41, 5.74) is 2.18. The molecule has 820 valence electrons. The molecular formula is C112H211N13O15S. The second-order valence-corrected chi connectivity index (χ2v) is 51.9. The number of carbonyl (C=O) groups excluding carboxylic acids is 5. The Bertz CT molecular complexity index is 3700. The number of likely N-dealkylation sites (N-methyl/N-ethyl adjacent to an activating group) is 2. The molecule has 0 aromatic heterocycles. The molecule has 10 aliphatic rings. The molecule has 141 heavy (non-hydrogen) atoms. The zero-order valence-corrected chi connectivity index (χ0v) is 96.8. The van der Waals surface area contributed by atoms with E-state index in [1.165, 1.54) is 62.8 Å². The van der Waals surface area contributed by atoms with Crippen molar-refractivity contribution in [3.05, 3.63) is 29.8 Å². The fraction of sp³-hybridized carbons (Fsp3) is 0.884. The van der Waals surface area contributed by atoms with Crippen LogP contribution in [0.1, 0.15) is 321 Å². The molecule has 0 amide bonds. The first kappa shape index (κ1) is 129. The Kier molecular flexibility index (Phi) is 54.9. The van der Waals surface area contributed by atoms with Gasteiger partial charge in [-0.3, -0.25) is 77.7 Å². The molecule has 4 N–H and O–H groups in total. The summed E-state index contributed by atoms with van der Waals surface area (Å²) in [6, 6.07) is 10.0. The molecule has 10 heterocycles. The van der Waals surface area contributed by atoms with Crippen LogP contribution in [0.3, 0.4) is 0 Å². The van der Waals surface area contributed by atoms with Crippen LogP contribution in [0.5, 0.6) is 0 Å². The minimum atomic E-state index is -0.647. The molecule has 0 radical (unpaired) electrons. The van der Waals surface area contributed by atoms with Crippen LogP contribution in [0.4, 0.5) is 0 Å². The topological polar surface area (TPSA) is 275 Å². The van der Waals surface area contributed by atoms with Crippen LogP contribution >= 0.6 is 11.8 Å². The number of ether oxygens (including phenoxy) is 6. The van der Waals surface area contributed by atoms with E-state index in [1.54, 1.807) is 11.8 Å². The summed E-state index contributed by atoms with van der Waals surface area (Å²) in [4.78, 5) is 108. The number of hydrogen-bond donors (Lipinski definition) is 4. The molecule has 28 nitrogen and oxygen atoms in total. The van der Waals surface area contributed by atoms with Gasteiger partial charge in [0.25, 0.3) is 0 Å². The summed E-state index contributed by atoms with van der Waals surface area (Å²) < 4.78 is 31.8. The summed E-state index contributed by atoms with van der Waals surface area (Å²) in [5.74, 6) is -0.854. The highest BCUT2D eigenvalue weighted by molar-refractivity contribution is 7.98. The average Bonchev–Trinajstić information content (AvgIpc) is 1.01. The van der Waals surface area contributed by atoms with Gasteiger partial charge in [0.2, 0.25) is 0 Å². The average molecular weight is 2010 g/mol. The predicted octanol–water partition coefficient (Wildman–Crippen LogP) is 16.9. The first-order valence-corrected chi connectivity index (χ1v) is 55.4. The van der Waals surface area contributed by atoms with Crippen LogP contribution in [0.2, 0.25) is 0 Å². The van der Waals surface area contributed by atoms with E-state index in [-0.39, 0.29) is 97.4 Å². The van der Waals surface area contributed by atoms with Crippen LogP contribution in [-0.2, 0) is 68.5 Å². The fourth-order valence-electron chi connectivity index (χ4n) is 19.5. The number of nitrogens with one attached hydrogen (secondary N) is 2. The van der Waals surface area contributed by atoms with E-state index >= 15 is 0 Å². The number of carboxylic acids is 2. The maximum atomic E-state index is 12.4. The minimum absolute atomic E-state index is 0.0191. The van der Waals surface area contributed by atoms with E-state index in [1.807, 2.05) is 32.8 Å². The Morgan fingerprint density at radius 2 is 0.865 bits per heavy atom. The summed E-state index contributed by atoms with van der Waals surface area (Å²) in [5, 5.41) is 24.7. The van der Waals surface area contributed by atoms with Gasteiger partial charge in [-0.2, -0.15) is 0 Å². The van der Waals surface area contributed by atoms with Gasteiger partial charge in [0.1, 0.15) is 19.3 Å². The number of thioether (sulfide) groups is 1. The minimum Gasteiger partial charge on any atom is -0.481 e. The summed E-state index contributed by atoms with van der Waals surface area (Å²) >= 11 is 1.79. The number of carbonyl (C=O) groups is 7. The number of nitrogens with zero attached hydrogens (tertiary/aromatic N) is 11. The molecule has 10 fully saturated rings. The van der Waals surface area contributed by atoms with E-state index < -0.39 is 17.4 Å². The van der Waals surface area contributed by atoms with Crippen molar-refractivity contribution in [2.24, 2.45) is 39.4 Å². The number of rotatable bonds is 25. The first-order valence-electron chi connectivity index (χ1n) is 54.2. The largest absolute Gasteiger partial charge is 0.481 e. The predicted molar refractivity (Wildman–Crippen MR) is 577 cm³/mol. The van der Waals surface area contributed by atoms with Gasteiger partial charge in [-0.25, -0.2) is 0 Å². The Morgan fingerprint density at radius 3 is 1.23 bits per heavy atom. The Morgan fingerprint density at radius 1 is 0.482 bits per heavy atom. The highest BCUT2D eigenvalue weighted by Gasteiger charge is 2.45. The Balaban J connectivity index is 0.000000338. The number of esters is 5. The third kappa shape index (κ3) is 49.5. The number of hydrogen-bond acceptors (Lipinski definition) is 27. The molecule has 10 aliphatic heterocycles. The van der Waals surface area contributed by atoms with Crippen molar-refractivity contribution in [2.75, 3.05) is 225 Å². The molecule has 0 aliphatic carbocycles. The lowest BCUT2D eigenvalue weighted by Crippen LogP contribution is -2.51. The van der Waals surface area contributed by atoms with Gasteiger partial charge in [-0.1, -0.05) is 32.9 Å². The van der Waals surface area contributed by atoms with Gasteiger partial charge in [0.05, 0.1) is 61.4 Å². The van der Waals surface area contributed by atoms with Crippen molar-refractivity contribution in [3.8, 4) is 0 Å². The Labute approximate surface area is 863 Å². The van der Waals surface area contributed by atoms with E-state index in [9.17, 15) is 33.6 Å². The second kappa shape index (κ2) is 60.2. The monoisotopic (exact) mass is 2010 g/mol. The Hall–Kier alpha value is -4.70. The van der Waals surface area contributed by atoms with Crippen LogP contribution in [0.15, 0.2) is 29.2 Å². The zero-order valence-electron chi connectivity index (χ0n) is 96.0. The molecule has 11 rings (SSSR count). The number of aliphatic carboxylic acids is 2. The molecular weight excluding hydrogens is 1800 g/mol. The van der Waals surface area contributed by atoms with E-state index in [0.29, 0.717) is 56.1 Å². The fourth-order valence-corrected chi connectivity index (χ4v) is 19.9. The number of carboxylic acid groups (broad SMARTS) is 2. The van der Waals surface area contributed by atoms with Gasteiger partial charge < -0.3 is 59.1 Å². The maximum absolute atomic E-state index is 12.4. The first-order chi connectivity index (χ1) is 65.3. The lowest BCUT2D eigenvalue weighted by atomic mass is 9.79. The molecule has 29 heteroatoms. The van der Waals surface area contributed by atoms with Crippen molar-refractivity contribution in [2.45, 2.75) is 384 Å². The van der Waals surface area contributed by atoms with Crippen LogP contribution in [0.25, 0.3) is 0 Å². The summed E-state index contributed by atoms with van der Waals surface area (Å²) in [7, 11) is 9.70. The third-order valence-corrected chi connectivity index (χ3v) is 31.7. The van der Waals surface area contributed by atoms with Gasteiger partial charge in [0, 0.05) is 134 Å². The molecule has 1 atom stereocenters. The smallest absolute Gasteiger partial charge is 0.311 e. The summed E-state index contributed by atoms with van der Waals surface area (Å²) in [6.07, 6.45) is 21.1. The highest BCUT2D eigenvalue weighted by atomic mass is 32.2. The molecule has 1 unspecified atom stereocenters. The zero-order chi connectivity index (χ0) is 106. The van der Waals surface area contributed by atoms with Crippen LogP contribution in [0, 0.1) is 39.4 Å². The maximum Gasteiger partial charge on any atom is 0.311 e. The number of cyclic esters (lactones) is 1. The van der Waals surface area contributed by atoms with Gasteiger partial charge in [0.15, 0.2) is 0 Å². The third-order valence-electron chi connectivity index (χ3n) is 30.9. The van der Waals surface area contributed by atoms with E-state index in [0.717, 1.165) is 241 Å². The molecule has 0 bridgehead atoms. The molecule has 0 spiro atoms. The highest BCUT2D eigenvalue weighted by Crippen LogP contribution is 2.39. The quantitative estimate of drug-likeness (QED) is 0.0306. The lowest BCUT2D eigenvalue weighted by Gasteiger charge is -2.44. The summed E-state index contributed by atoms with van der Waals surface area (Å²) in [6.45, 7) is 86.4. The van der Waals surface area contributed by atoms with Crippen molar-refractivity contribution in [1.82, 2.24) is 64.5 Å². The normalized spacial score (nSPS) is 21.7. The number of benzene rings is 1. The number of piperidine rings is 8. The van der Waals surface area contributed by atoms with Crippen molar-refractivity contribution >= 4 is 53.5 Å². The van der Waals surface area contributed by atoms with Crippen LogP contribution in [-0.4, -0.2) is 388 Å². The standard InChI is InChI=1S/C17H32N2O3.C16H30N2O2.C15H28N2O2.C15H30N2O2.C14H28N2O2.C14H23NS.C11H21NO2.C10H19NO2/c1-16(2,3)19-7-5-17(4,6-8-19)15(20)22-14-11-18-9-12-21-13-10-18;1-16(2,3)18-10-6-14(7-11-18)15(19)20-12-13-4-8-17-9-5-13;1-15(2,3)17-9-7-12(8-10-17)16(4)11-13-5-6-14(18)19-13;1-14(2,3)17-9-7-15(4,8-10-17)13(18)19-12-11-16(5)6;1-14(2,3)16-10-6-12(7-11-16)15(4)9-8-13(17)18-5;1-14(2,3)9-10-15-11-12-5-7-13(16-4)8-6-12;1-10(2,3)12-7-5-11(4,6-8-12)9(13)14;1-10(2,3)11-6-4-8(5-7-11)9(12)13/h5-14H2,1-4H3;13-14,17H,4-12H2,1-3H3;12-13H,5-11H2,1-4H3;7-12H2,1-6H3;12H,6-11H2,1-5H3;5-8,15H,9-11H2,1-4H3;5-8H2,1-4H3,(H,13,14);8H,4-7H2,1-3H3,(H,12,13). The molecule has 0 saturated carbocycles. The second-order valence-electron chi connectivity index (χ2n) is 51.0. The van der Waals surface area contributed by atoms with E-state index in [4.69, 9.17) is 33.9 Å². The molecule has 1 aromatic rings. The van der Waals surface area contributed by atoms with Crippen molar-refractivity contribution in [3.63, 3.8) is 0 Å². The SMILES string of the molecule is CC(C)(C)N1CCC(C(=O)O)CC1.CC(C)(C)N1CCC(C(=O)OCC2CCNCC2)CC1.CC1(C(=O)O)CCN(C(C)(C)C)CC1.CC1(C(=O)OCCN2CCOCC2)CCN(C(C)(C)C)CC1.CN(C)CCOC(=O)C1(C)CCN(C(C)(C)C)CC1.CN(CC1CCC(=O)O1)C1CCN(C(C)(C)C)CC1.COC(=O)CCN(C)C1CCN(C(C)(C)C)CC1.CSc1ccc(CNCCC(C)(C)C)cc1. The van der Waals surface area contributed by atoms with Crippen LogP contribution < -0.4 is 10.6 Å². The number of likely N-dealkylation sites (tertiary alicyclic amines) is 7. The number of methoxy groups -OCH3 is 1. The number of morpholine rings is 1. The van der Waals surface area contributed by atoms with Gasteiger partial charge in [-0.15, -0.1) is 11.8 Å². The van der Waals surface area contributed by atoms with Crippen molar-refractivity contribution in [1.29, 1.82) is 0 Å². The van der Waals surface area contributed by atoms with Gasteiger partial charge in [-0.05, 0) is 430 Å².